The van der Waals surface area contributed by atoms with Gasteiger partial charge in [0.25, 0.3) is 5.91 Å². The van der Waals surface area contributed by atoms with Gasteiger partial charge in [-0.25, -0.2) is 4.98 Å². The zero-order valence-electron chi connectivity index (χ0n) is 17.7. The molecule has 0 unspecified atom stereocenters. The van der Waals surface area contributed by atoms with Gasteiger partial charge in [-0.15, -0.1) is 0 Å². The molecule has 3 aromatic rings. The number of rotatable bonds is 9. The van der Waals surface area contributed by atoms with Crippen molar-refractivity contribution < 1.29 is 28.6 Å². The number of aliphatic hydroxyl groups is 1. The largest absolute Gasteiger partial charge is 0.503 e. The van der Waals surface area contributed by atoms with Gasteiger partial charge >= 0.3 is 0 Å². The minimum absolute atomic E-state index is 0.0338. The highest BCUT2D eigenvalue weighted by atomic mass is 16.5. The van der Waals surface area contributed by atoms with Crippen LogP contribution in [0.5, 0.6) is 11.5 Å². The quantitative estimate of drug-likeness (QED) is 0.513. The standard InChI is InChI=1S/C23H23N3O6/c1-30-15-6-7-17(31-2)16(13-15)20-19(21(27)18-5-3-12-32-18)22(28)23(29)26(20)10-4-9-25-11-8-24-14-25/h3,5-8,11-14,20,28H,4,9-10H2,1-2H3/t20-/m0/s1. The van der Waals surface area contributed by atoms with E-state index in [0.29, 0.717) is 36.6 Å². The van der Waals surface area contributed by atoms with Crippen LogP contribution in [0.25, 0.3) is 0 Å². The normalized spacial score (nSPS) is 16.0. The van der Waals surface area contributed by atoms with E-state index in [1.54, 1.807) is 36.8 Å². The molecule has 0 bridgehead atoms. The predicted molar refractivity (Wildman–Crippen MR) is 114 cm³/mol. The molecular formula is C23H23N3O6. The number of benzene rings is 1. The van der Waals surface area contributed by atoms with Crippen molar-refractivity contribution in [1.82, 2.24) is 14.5 Å². The third-order valence-corrected chi connectivity index (χ3v) is 5.40. The maximum Gasteiger partial charge on any atom is 0.290 e. The smallest absolute Gasteiger partial charge is 0.290 e. The topological polar surface area (TPSA) is 107 Å². The Morgan fingerprint density at radius 2 is 2.06 bits per heavy atom. The SMILES string of the molecule is COc1ccc(OC)c([C@H]2C(C(=O)c3ccco3)=C(O)C(=O)N2CCCn2ccnc2)c1. The number of imidazole rings is 1. The summed E-state index contributed by atoms with van der Waals surface area (Å²) in [5.41, 5.74) is 0.473. The van der Waals surface area contributed by atoms with Gasteiger partial charge in [-0.3, -0.25) is 9.59 Å². The van der Waals surface area contributed by atoms with E-state index in [2.05, 4.69) is 4.98 Å². The summed E-state index contributed by atoms with van der Waals surface area (Å²) in [4.78, 5) is 31.8. The number of amides is 1. The van der Waals surface area contributed by atoms with E-state index in [-0.39, 0.29) is 11.3 Å². The average molecular weight is 437 g/mol. The lowest BCUT2D eigenvalue weighted by Crippen LogP contribution is -2.32. The lowest BCUT2D eigenvalue weighted by molar-refractivity contribution is -0.129. The summed E-state index contributed by atoms with van der Waals surface area (Å²) in [6, 6.07) is 7.33. The number of carbonyl (C=O) groups excluding carboxylic acids is 2. The molecule has 0 saturated carbocycles. The molecule has 1 amide bonds. The molecule has 9 heteroatoms. The molecule has 0 aliphatic carbocycles. The van der Waals surface area contributed by atoms with Gasteiger partial charge in [0.2, 0.25) is 5.78 Å². The fraction of sp³-hybridized carbons (Fsp3) is 0.261. The van der Waals surface area contributed by atoms with Gasteiger partial charge in [-0.05, 0) is 36.8 Å². The summed E-state index contributed by atoms with van der Waals surface area (Å²) in [6.45, 7) is 0.912. The van der Waals surface area contributed by atoms with Crippen molar-refractivity contribution in [3.63, 3.8) is 0 Å². The van der Waals surface area contributed by atoms with E-state index >= 15 is 0 Å². The lowest BCUT2D eigenvalue weighted by Gasteiger charge is -2.28. The Balaban J connectivity index is 1.74. The fourth-order valence-corrected chi connectivity index (χ4v) is 3.88. The highest BCUT2D eigenvalue weighted by Crippen LogP contribution is 2.43. The summed E-state index contributed by atoms with van der Waals surface area (Å²) in [5.74, 6) is -0.755. The zero-order valence-corrected chi connectivity index (χ0v) is 17.7. The van der Waals surface area contributed by atoms with Crippen molar-refractivity contribution in [2.45, 2.75) is 19.0 Å². The summed E-state index contributed by atoms with van der Waals surface area (Å²) in [6.07, 6.45) is 7.15. The molecule has 1 aromatic carbocycles. The number of nitrogens with zero attached hydrogens (tertiary/aromatic N) is 3. The van der Waals surface area contributed by atoms with Gasteiger partial charge in [0.1, 0.15) is 11.5 Å². The molecule has 0 saturated heterocycles. The van der Waals surface area contributed by atoms with Crippen molar-refractivity contribution in [1.29, 1.82) is 0 Å². The Morgan fingerprint density at radius 3 is 2.72 bits per heavy atom. The van der Waals surface area contributed by atoms with Crippen molar-refractivity contribution in [3.8, 4) is 11.5 Å². The number of furan rings is 1. The number of carbonyl (C=O) groups is 2. The molecule has 0 radical (unpaired) electrons. The first-order valence-electron chi connectivity index (χ1n) is 10.0. The first kappa shape index (κ1) is 21.2. The van der Waals surface area contributed by atoms with Crippen LogP contribution in [0.2, 0.25) is 0 Å². The van der Waals surface area contributed by atoms with Crippen LogP contribution in [-0.2, 0) is 11.3 Å². The Labute approximate surface area is 184 Å². The number of methoxy groups -OCH3 is 2. The molecule has 166 valence electrons. The monoisotopic (exact) mass is 437 g/mol. The van der Waals surface area contributed by atoms with E-state index in [1.807, 2.05) is 10.8 Å². The molecule has 1 N–H and O–H groups in total. The zero-order chi connectivity index (χ0) is 22.7. The highest BCUT2D eigenvalue weighted by Gasteiger charge is 2.45. The second-order valence-corrected chi connectivity index (χ2v) is 7.23. The molecule has 4 rings (SSSR count). The second-order valence-electron chi connectivity index (χ2n) is 7.23. The van der Waals surface area contributed by atoms with Crippen LogP contribution < -0.4 is 9.47 Å². The van der Waals surface area contributed by atoms with E-state index in [4.69, 9.17) is 13.9 Å². The van der Waals surface area contributed by atoms with E-state index in [0.717, 1.165) is 0 Å². The van der Waals surface area contributed by atoms with Crippen molar-refractivity contribution in [2.24, 2.45) is 0 Å². The molecular weight excluding hydrogens is 414 g/mol. The van der Waals surface area contributed by atoms with Crippen LogP contribution in [0.1, 0.15) is 28.6 Å². The number of hydrogen-bond acceptors (Lipinski definition) is 7. The van der Waals surface area contributed by atoms with Crippen LogP contribution in [0.4, 0.5) is 0 Å². The van der Waals surface area contributed by atoms with Gasteiger partial charge < -0.3 is 28.5 Å². The summed E-state index contributed by atoms with van der Waals surface area (Å²) in [5, 5.41) is 10.7. The van der Waals surface area contributed by atoms with Crippen molar-refractivity contribution in [2.75, 3.05) is 20.8 Å². The molecule has 0 fully saturated rings. The van der Waals surface area contributed by atoms with Crippen molar-refractivity contribution >= 4 is 11.7 Å². The maximum absolute atomic E-state index is 13.2. The molecule has 0 spiro atoms. The number of aryl methyl sites for hydroxylation is 1. The third-order valence-electron chi connectivity index (χ3n) is 5.40. The van der Waals surface area contributed by atoms with Crippen LogP contribution in [0.15, 0.2) is 71.1 Å². The number of ketones is 1. The third kappa shape index (κ3) is 3.84. The molecule has 1 aliphatic heterocycles. The molecule has 1 atom stereocenters. The summed E-state index contributed by atoms with van der Waals surface area (Å²) < 4.78 is 18.0. The number of aromatic nitrogens is 2. The molecule has 3 heterocycles. The van der Waals surface area contributed by atoms with Crippen LogP contribution in [-0.4, -0.2) is 52.0 Å². The minimum Gasteiger partial charge on any atom is -0.503 e. The number of aliphatic hydroxyl groups excluding tert-OH is 1. The summed E-state index contributed by atoms with van der Waals surface area (Å²) in [7, 11) is 3.03. The van der Waals surface area contributed by atoms with Crippen LogP contribution in [0, 0.1) is 0 Å². The highest BCUT2D eigenvalue weighted by molar-refractivity contribution is 6.15. The van der Waals surface area contributed by atoms with Gasteiger partial charge in [0.15, 0.2) is 11.5 Å². The fourth-order valence-electron chi connectivity index (χ4n) is 3.88. The van der Waals surface area contributed by atoms with E-state index in [9.17, 15) is 14.7 Å². The van der Waals surface area contributed by atoms with Crippen LogP contribution in [0.3, 0.4) is 0 Å². The van der Waals surface area contributed by atoms with Gasteiger partial charge in [0, 0.05) is 31.0 Å². The molecule has 9 nitrogen and oxygen atoms in total. The number of ether oxygens (including phenoxy) is 2. The second kappa shape index (κ2) is 9.01. The lowest BCUT2D eigenvalue weighted by atomic mass is 9.94. The van der Waals surface area contributed by atoms with Gasteiger partial charge in [0.05, 0.1) is 38.4 Å². The minimum atomic E-state index is -0.868. The first-order valence-corrected chi connectivity index (χ1v) is 10.0. The molecule has 1 aliphatic rings. The van der Waals surface area contributed by atoms with Gasteiger partial charge in [-0.1, -0.05) is 0 Å². The van der Waals surface area contributed by atoms with Crippen molar-refractivity contribution in [3.05, 3.63) is 78.0 Å². The van der Waals surface area contributed by atoms with E-state index < -0.39 is 23.5 Å². The Hall–Kier alpha value is -4.01. The molecule has 32 heavy (non-hydrogen) atoms. The Kier molecular flexibility index (Phi) is 5.98. The van der Waals surface area contributed by atoms with Crippen LogP contribution >= 0.6 is 0 Å². The maximum atomic E-state index is 13.2. The predicted octanol–water partition coefficient (Wildman–Crippen LogP) is 3.16. The Bertz CT molecular complexity index is 1130. The molecule has 2 aromatic heterocycles. The average Bonchev–Trinajstić information content (AvgIpc) is 3.57. The summed E-state index contributed by atoms with van der Waals surface area (Å²) >= 11 is 0. The van der Waals surface area contributed by atoms with Gasteiger partial charge in [-0.2, -0.15) is 0 Å². The Morgan fingerprint density at radius 1 is 1.22 bits per heavy atom. The van der Waals surface area contributed by atoms with E-state index in [1.165, 1.54) is 31.4 Å². The number of hydrogen-bond donors (Lipinski definition) is 1. The number of Topliss-reactive ketones (excluding diaryl/α,β-unsaturated/α-hetero) is 1. The first-order chi connectivity index (χ1) is 15.5.